The zero-order valence-electron chi connectivity index (χ0n) is 11.8. The van der Waals surface area contributed by atoms with E-state index in [0.717, 1.165) is 0 Å². The molecule has 1 aromatic rings. The van der Waals surface area contributed by atoms with Gasteiger partial charge in [0, 0.05) is 18.1 Å². The first-order valence-corrected chi connectivity index (χ1v) is 7.32. The fraction of sp³-hybridized carbons (Fsp3) is 0.688. The number of rotatable bonds is 8. The molecular formula is C16H28N+. The largest absolute Gasteiger partial charge is 0.205 e. The molecule has 0 fully saturated rings. The van der Waals surface area contributed by atoms with Crippen LogP contribution >= 0.6 is 0 Å². The molecule has 0 N–H and O–H groups in total. The second-order valence-electron chi connectivity index (χ2n) is 4.94. The number of unbranched alkanes of at least 4 members (excludes halogenated alkanes) is 2. The molecule has 0 saturated heterocycles. The predicted molar refractivity (Wildman–Crippen MR) is 74.2 cm³/mol. The number of pyridine rings is 1. The van der Waals surface area contributed by atoms with Crippen LogP contribution in [0.5, 0.6) is 0 Å². The molecule has 0 aliphatic carbocycles. The summed E-state index contributed by atoms with van der Waals surface area (Å²) in [5, 5.41) is 0. The third kappa shape index (κ3) is 4.89. The van der Waals surface area contributed by atoms with Crippen molar-refractivity contribution >= 4 is 0 Å². The van der Waals surface area contributed by atoms with E-state index in [1.165, 1.54) is 51.5 Å². The number of hydrogen-bond donors (Lipinski definition) is 0. The fourth-order valence-corrected chi connectivity index (χ4v) is 2.31. The Morgan fingerprint density at radius 1 is 0.882 bits per heavy atom. The van der Waals surface area contributed by atoms with E-state index in [1.54, 1.807) is 11.1 Å². The Balaban J connectivity index is 2.70. The Morgan fingerprint density at radius 2 is 1.59 bits per heavy atom. The van der Waals surface area contributed by atoms with E-state index in [9.17, 15) is 0 Å². The molecule has 17 heavy (non-hydrogen) atoms. The van der Waals surface area contributed by atoms with E-state index < -0.39 is 0 Å². The molecule has 1 heterocycles. The molecule has 96 valence electrons. The Morgan fingerprint density at radius 3 is 2.24 bits per heavy atom. The van der Waals surface area contributed by atoms with Gasteiger partial charge in [-0.2, -0.15) is 0 Å². The molecule has 0 amide bonds. The van der Waals surface area contributed by atoms with Gasteiger partial charge in [-0.1, -0.05) is 40.0 Å². The van der Waals surface area contributed by atoms with Gasteiger partial charge in [-0.15, -0.1) is 0 Å². The second kappa shape index (κ2) is 8.27. The zero-order valence-corrected chi connectivity index (χ0v) is 11.8. The second-order valence-corrected chi connectivity index (χ2v) is 4.94. The van der Waals surface area contributed by atoms with E-state index in [-0.39, 0.29) is 0 Å². The third-order valence-electron chi connectivity index (χ3n) is 3.26. The van der Waals surface area contributed by atoms with Gasteiger partial charge < -0.3 is 0 Å². The Bertz CT molecular complexity index is 317. The lowest BCUT2D eigenvalue weighted by Crippen LogP contribution is -2.33. The maximum Gasteiger partial charge on any atom is 0.172 e. The van der Waals surface area contributed by atoms with Gasteiger partial charge in [0.25, 0.3) is 0 Å². The number of aromatic nitrogens is 1. The normalized spacial score (nSPS) is 10.8. The fourth-order valence-electron chi connectivity index (χ4n) is 2.31. The molecule has 1 rings (SSSR count). The first-order valence-electron chi connectivity index (χ1n) is 7.32. The molecule has 0 saturated carbocycles. The molecule has 0 spiro atoms. The summed E-state index contributed by atoms with van der Waals surface area (Å²) in [6, 6.07) is 2.33. The van der Waals surface area contributed by atoms with Gasteiger partial charge >= 0.3 is 0 Å². The third-order valence-corrected chi connectivity index (χ3v) is 3.26. The van der Waals surface area contributed by atoms with Crippen molar-refractivity contribution in [1.82, 2.24) is 0 Å². The molecule has 0 bridgehead atoms. The van der Waals surface area contributed by atoms with Crippen molar-refractivity contribution in [1.29, 1.82) is 0 Å². The highest BCUT2D eigenvalue weighted by Crippen LogP contribution is 2.11. The van der Waals surface area contributed by atoms with Crippen molar-refractivity contribution in [2.75, 3.05) is 0 Å². The van der Waals surface area contributed by atoms with Crippen molar-refractivity contribution in [2.45, 2.75) is 72.3 Å². The van der Waals surface area contributed by atoms with Crippen LogP contribution in [0.2, 0.25) is 0 Å². The van der Waals surface area contributed by atoms with Gasteiger partial charge in [-0.3, -0.25) is 0 Å². The summed E-state index contributed by atoms with van der Waals surface area (Å²) >= 11 is 0. The minimum atomic E-state index is 1.18. The van der Waals surface area contributed by atoms with Crippen LogP contribution in [-0.4, -0.2) is 0 Å². The molecule has 0 atom stereocenters. The van der Waals surface area contributed by atoms with Gasteiger partial charge in [0.05, 0.1) is 0 Å². The SMILES string of the molecule is CCCCC[n+]1ccc(CCC)c(CCC)c1. The Kier molecular flexibility index (Phi) is 6.91. The van der Waals surface area contributed by atoms with E-state index in [2.05, 4.69) is 43.8 Å². The summed E-state index contributed by atoms with van der Waals surface area (Å²) < 4.78 is 2.37. The summed E-state index contributed by atoms with van der Waals surface area (Å²) in [5.74, 6) is 0. The van der Waals surface area contributed by atoms with Crippen LogP contribution in [-0.2, 0) is 19.4 Å². The number of nitrogens with zero attached hydrogens (tertiary/aromatic N) is 1. The number of hydrogen-bond acceptors (Lipinski definition) is 0. The summed E-state index contributed by atoms with van der Waals surface area (Å²) in [6.45, 7) is 7.97. The molecule has 1 heteroatoms. The van der Waals surface area contributed by atoms with Crippen LogP contribution in [0.4, 0.5) is 0 Å². The highest BCUT2D eigenvalue weighted by molar-refractivity contribution is 5.21. The standard InChI is InChI=1S/C16H28N/c1-4-7-8-12-17-13-11-15(9-5-2)16(14-17)10-6-3/h11,13-14H,4-10,12H2,1-3H3/q+1. The van der Waals surface area contributed by atoms with Gasteiger partial charge in [-0.05, 0) is 24.8 Å². The van der Waals surface area contributed by atoms with Crippen molar-refractivity contribution in [3.63, 3.8) is 0 Å². The topological polar surface area (TPSA) is 3.88 Å². The summed E-state index contributed by atoms with van der Waals surface area (Å²) in [6.07, 6.45) is 13.5. The average Bonchev–Trinajstić information content (AvgIpc) is 2.33. The van der Waals surface area contributed by atoms with Crippen molar-refractivity contribution in [3.05, 3.63) is 29.6 Å². The first kappa shape index (κ1) is 14.2. The quantitative estimate of drug-likeness (QED) is 0.471. The molecule has 0 aliphatic heterocycles. The van der Waals surface area contributed by atoms with Crippen LogP contribution in [0.1, 0.15) is 64.0 Å². The van der Waals surface area contributed by atoms with E-state index >= 15 is 0 Å². The van der Waals surface area contributed by atoms with E-state index in [0.29, 0.717) is 0 Å². The van der Waals surface area contributed by atoms with Gasteiger partial charge in [0.15, 0.2) is 12.4 Å². The molecule has 1 nitrogen and oxygen atoms in total. The van der Waals surface area contributed by atoms with Gasteiger partial charge in [0.2, 0.25) is 0 Å². The minimum absolute atomic E-state index is 1.18. The van der Waals surface area contributed by atoms with Crippen molar-refractivity contribution < 1.29 is 4.57 Å². The highest BCUT2D eigenvalue weighted by Gasteiger charge is 2.07. The van der Waals surface area contributed by atoms with E-state index in [4.69, 9.17) is 0 Å². The lowest BCUT2D eigenvalue weighted by molar-refractivity contribution is -0.697. The van der Waals surface area contributed by atoms with E-state index in [1.807, 2.05) is 0 Å². The Hall–Kier alpha value is -0.850. The van der Waals surface area contributed by atoms with Gasteiger partial charge in [0.1, 0.15) is 6.54 Å². The molecular weight excluding hydrogens is 206 g/mol. The lowest BCUT2D eigenvalue weighted by Gasteiger charge is -2.06. The molecule has 1 aromatic heterocycles. The molecule has 0 radical (unpaired) electrons. The Labute approximate surface area is 107 Å². The van der Waals surface area contributed by atoms with Gasteiger partial charge in [-0.25, -0.2) is 4.57 Å². The predicted octanol–water partition coefficient (Wildman–Crippen LogP) is 4.07. The maximum absolute atomic E-state index is 2.38. The average molecular weight is 234 g/mol. The smallest absolute Gasteiger partial charge is 0.172 e. The summed E-state index contributed by atoms with van der Waals surface area (Å²) in [7, 11) is 0. The van der Waals surface area contributed by atoms with Crippen LogP contribution in [0, 0.1) is 0 Å². The maximum atomic E-state index is 2.38. The number of aryl methyl sites for hydroxylation is 3. The highest BCUT2D eigenvalue weighted by atomic mass is 14.9. The zero-order chi connectivity index (χ0) is 12.5. The van der Waals surface area contributed by atoms with Crippen LogP contribution in [0.25, 0.3) is 0 Å². The van der Waals surface area contributed by atoms with Crippen molar-refractivity contribution in [2.24, 2.45) is 0 Å². The van der Waals surface area contributed by atoms with Crippen LogP contribution in [0.15, 0.2) is 18.5 Å². The lowest BCUT2D eigenvalue weighted by atomic mass is 10.0. The molecule has 0 aromatic carbocycles. The monoisotopic (exact) mass is 234 g/mol. The summed E-state index contributed by atoms with van der Waals surface area (Å²) in [5.41, 5.74) is 3.12. The van der Waals surface area contributed by atoms with Crippen molar-refractivity contribution in [3.8, 4) is 0 Å². The molecule has 0 aliphatic rings. The molecule has 0 unspecified atom stereocenters. The summed E-state index contributed by atoms with van der Waals surface area (Å²) in [4.78, 5) is 0. The minimum Gasteiger partial charge on any atom is -0.205 e. The van der Waals surface area contributed by atoms with Crippen LogP contribution < -0.4 is 4.57 Å². The van der Waals surface area contributed by atoms with Crippen LogP contribution in [0.3, 0.4) is 0 Å². The first-order chi connectivity index (χ1) is 8.31.